The first kappa shape index (κ1) is 9.57. The molecule has 2 heteroatoms. The van der Waals surface area contributed by atoms with Crippen LogP contribution in [-0.4, -0.2) is 25.8 Å². The third-order valence-corrected chi connectivity index (χ3v) is 2.07. The summed E-state index contributed by atoms with van der Waals surface area (Å²) in [6.45, 7) is 2.97. The van der Waals surface area contributed by atoms with Gasteiger partial charge in [0.2, 0.25) is 0 Å². The van der Waals surface area contributed by atoms with Crippen molar-refractivity contribution in [2.24, 2.45) is 0 Å². The maximum atomic E-state index is 5.63. The van der Waals surface area contributed by atoms with E-state index in [1.165, 1.54) is 12.8 Å². The first-order valence-electron chi connectivity index (χ1n) is 4.69. The second kappa shape index (κ2) is 6.05. The van der Waals surface area contributed by atoms with Crippen LogP contribution in [0.4, 0.5) is 0 Å². The normalized spacial score (nSPS) is 23.4. The molecule has 1 rings (SSSR count). The van der Waals surface area contributed by atoms with Crippen molar-refractivity contribution >= 4 is 0 Å². The van der Waals surface area contributed by atoms with Gasteiger partial charge in [-0.05, 0) is 25.8 Å². The van der Waals surface area contributed by atoms with E-state index in [9.17, 15) is 0 Å². The first-order chi connectivity index (χ1) is 5.93. The Kier molecular flexibility index (Phi) is 4.82. The number of unbranched alkanes of at least 4 members (excludes halogenated alkanes) is 1. The van der Waals surface area contributed by atoms with Crippen molar-refractivity contribution in [3.05, 3.63) is 0 Å². The molecule has 0 aromatic heterocycles. The summed E-state index contributed by atoms with van der Waals surface area (Å²) in [4.78, 5) is 0. The van der Waals surface area contributed by atoms with Crippen LogP contribution in [0.3, 0.4) is 0 Å². The van der Waals surface area contributed by atoms with Crippen LogP contribution in [-0.2, 0) is 4.74 Å². The van der Waals surface area contributed by atoms with Gasteiger partial charge in [0.05, 0.1) is 6.10 Å². The van der Waals surface area contributed by atoms with E-state index >= 15 is 0 Å². The van der Waals surface area contributed by atoms with Gasteiger partial charge >= 0.3 is 0 Å². The van der Waals surface area contributed by atoms with Crippen molar-refractivity contribution in [2.45, 2.75) is 31.8 Å². The summed E-state index contributed by atoms with van der Waals surface area (Å²) >= 11 is 0. The second-order valence-electron chi connectivity index (χ2n) is 3.15. The molecular weight excluding hydrogens is 150 g/mol. The molecule has 0 aliphatic carbocycles. The van der Waals surface area contributed by atoms with Gasteiger partial charge in [0.15, 0.2) is 0 Å². The van der Waals surface area contributed by atoms with Crippen LogP contribution in [0.2, 0.25) is 0 Å². The Morgan fingerprint density at radius 1 is 1.58 bits per heavy atom. The van der Waals surface area contributed by atoms with Crippen molar-refractivity contribution in [1.82, 2.24) is 5.32 Å². The fourth-order valence-corrected chi connectivity index (χ4v) is 1.39. The highest BCUT2D eigenvalue weighted by Gasteiger charge is 2.11. The molecule has 0 spiro atoms. The number of hydrogen-bond donors (Lipinski definition) is 1. The van der Waals surface area contributed by atoms with Crippen LogP contribution in [0.25, 0.3) is 0 Å². The Labute approximate surface area is 74.7 Å². The lowest BCUT2D eigenvalue weighted by molar-refractivity contribution is 0.0362. The Balaban J connectivity index is 1.95. The minimum atomic E-state index is 0.427. The molecule has 0 radical (unpaired) electrons. The fraction of sp³-hybridized carbons (Fsp3) is 0.800. The predicted octanol–water partition coefficient (Wildman–Crippen LogP) is 1.17. The number of piperidine rings is 1. The van der Waals surface area contributed by atoms with Crippen LogP contribution >= 0.6 is 0 Å². The highest BCUT2D eigenvalue weighted by Crippen LogP contribution is 2.06. The molecule has 1 aliphatic heterocycles. The summed E-state index contributed by atoms with van der Waals surface area (Å²) in [6, 6.07) is 0. The van der Waals surface area contributed by atoms with E-state index in [1.807, 2.05) is 0 Å². The fourth-order valence-electron chi connectivity index (χ4n) is 1.39. The molecule has 68 valence electrons. The average molecular weight is 167 g/mol. The van der Waals surface area contributed by atoms with E-state index in [4.69, 9.17) is 11.2 Å². The van der Waals surface area contributed by atoms with Crippen LogP contribution in [0, 0.1) is 12.3 Å². The van der Waals surface area contributed by atoms with Crippen molar-refractivity contribution in [3.8, 4) is 12.3 Å². The summed E-state index contributed by atoms with van der Waals surface area (Å²) < 4.78 is 5.63. The quantitative estimate of drug-likeness (QED) is 0.501. The molecule has 1 N–H and O–H groups in total. The molecule has 1 aliphatic rings. The molecule has 0 aromatic carbocycles. The van der Waals surface area contributed by atoms with Gasteiger partial charge < -0.3 is 10.1 Å². The summed E-state index contributed by atoms with van der Waals surface area (Å²) in [5, 5.41) is 3.31. The molecule has 0 saturated carbocycles. The maximum Gasteiger partial charge on any atom is 0.0699 e. The SMILES string of the molecule is C#CCCCOC1CCCNC1. The Morgan fingerprint density at radius 3 is 3.17 bits per heavy atom. The lowest BCUT2D eigenvalue weighted by atomic mass is 10.1. The van der Waals surface area contributed by atoms with E-state index in [0.29, 0.717) is 6.10 Å². The largest absolute Gasteiger partial charge is 0.377 e. The first-order valence-corrected chi connectivity index (χ1v) is 4.69. The second-order valence-corrected chi connectivity index (χ2v) is 3.15. The van der Waals surface area contributed by atoms with Crippen LogP contribution in [0.15, 0.2) is 0 Å². The van der Waals surface area contributed by atoms with Gasteiger partial charge in [-0.3, -0.25) is 0 Å². The molecule has 0 amide bonds. The minimum absolute atomic E-state index is 0.427. The number of terminal acetylenes is 1. The van der Waals surface area contributed by atoms with Crippen molar-refractivity contribution in [1.29, 1.82) is 0 Å². The molecular formula is C10H17NO. The summed E-state index contributed by atoms with van der Waals surface area (Å²) in [5.74, 6) is 2.61. The van der Waals surface area contributed by atoms with Gasteiger partial charge in [0, 0.05) is 19.6 Å². The van der Waals surface area contributed by atoms with Gasteiger partial charge in [-0.1, -0.05) is 0 Å². The predicted molar refractivity (Wildman–Crippen MR) is 49.9 cm³/mol. The highest BCUT2D eigenvalue weighted by atomic mass is 16.5. The zero-order chi connectivity index (χ0) is 8.65. The van der Waals surface area contributed by atoms with Crippen LogP contribution < -0.4 is 5.32 Å². The number of rotatable bonds is 4. The lowest BCUT2D eigenvalue weighted by Crippen LogP contribution is -2.35. The van der Waals surface area contributed by atoms with Gasteiger partial charge in [-0.2, -0.15) is 0 Å². The van der Waals surface area contributed by atoms with Gasteiger partial charge in [-0.15, -0.1) is 12.3 Å². The molecule has 1 heterocycles. The van der Waals surface area contributed by atoms with Gasteiger partial charge in [-0.25, -0.2) is 0 Å². The number of ether oxygens (including phenoxy) is 1. The van der Waals surface area contributed by atoms with Crippen LogP contribution in [0.1, 0.15) is 25.7 Å². The summed E-state index contributed by atoms with van der Waals surface area (Å²) in [5.41, 5.74) is 0. The molecule has 0 bridgehead atoms. The van der Waals surface area contributed by atoms with E-state index in [0.717, 1.165) is 32.5 Å². The van der Waals surface area contributed by atoms with E-state index < -0.39 is 0 Å². The Hall–Kier alpha value is -0.520. The molecule has 12 heavy (non-hydrogen) atoms. The molecule has 0 aromatic rings. The zero-order valence-corrected chi connectivity index (χ0v) is 7.51. The maximum absolute atomic E-state index is 5.63. The molecule has 1 fully saturated rings. The smallest absolute Gasteiger partial charge is 0.0699 e. The average Bonchev–Trinajstić information content (AvgIpc) is 2.14. The monoisotopic (exact) mass is 167 g/mol. The van der Waals surface area contributed by atoms with E-state index in [1.54, 1.807) is 0 Å². The Morgan fingerprint density at radius 2 is 2.50 bits per heavy atom. The summed E-state index contributed by atoms with van der Waals surface area (Å²) in [7, 11) is 0. The number of nitrogens with one attached hydrogen (secondary N) is 1. The summed E-state index contributed by atoms with van der Waals surface area (Å²) in [6.07, 6.45) is 9.82. The van der Waals surface area contributed by atoms with Gasteiger partial charge in [0.1, 0.15) is 0 Å². The van der Waals surface area contributed by atoms with Crippen molar-refractivity contribution < 1.29 is 4.74 Å². The van der Waals surface area contributed by atoms with E-state index in [2.05, 4.69) is 11.2 Å². The standard InChI is InChI=1S/C10H17NO/c1-2-3-4-8-12-10-6-5-7-11-9-10/h1,10-11H,3-9H2. The van der Waals surface area contributed by atoms with Crippen LogP contribution in [0.5, 0.6) is 0 Å². The molecule has 2 nitrogen and oxygen atoms in total. The Bertz CT molecular complexity index is 144. The highest BCUT2D eigenvalue weighted by molar-refractivity contribution is 4.82. The lowest BCUT2D eigenvalue weighted by Gasteiger charge is -2.22. The van der Waals surface area contributed by atoms with Crippen molar-refractivity contribution in [3.63, 3.8) is 0 Å². The number of hydrogen-bond acceptors (Lipinski definition) is 2. The minimum Gasteiger partial charge on any atom is -0.377 e. The topological polar surface area (TPSA) is 21.3 Å². The third kappa shape index (κ3) is 3.75. The molecule has 1 unspecified atom stereocenters. The third-order valence-electron chi connectivity index (χ3n) is 2.07. The van der Waals surface area contributed by atoms with E-state index in [-0.39, 0.29) is 0 Å². The zero-order valence-electron chi connectivity index (χ0n) is 7.51. The van der Waals surface area contributed by atoms with Crippen molar-refractivity contribution in [2.75, 3.05) is 19.7 Å². The van der Waals surface area contributed by atoms with Gasteiger partial charge in [0.25, 0.3) is 0 Å². The molecule has 1 atom stereocenters. The molecule has 1 saturated heterocycles.